The van der Waals surface area contributed by atoms with Gasteiger partial charge in [0.05, 0.1) is 5.69 Å². The first-order valence-corrected chi connectivity index (χ1v) is 8.77. The van der Waals surface area contributed by atoms with E-state index in [0.717, 1.165) is 48.7 Å². The van der Waals surface area contributed by atoms with Crippen molar-refractivity contribution < 1.29 is 0 Å². The van der Waals surface area contributed by atoms with E-state index in [2.05, 4.69) is 39.6 Å². The molecule has 3 aromatic rings. The van der Waals surface area contributed by atoms with Gasteiger partial charge in [0.25, 0.3) is 0 Å². The molecule has 0 bridgehead atoms. The zero-order valence-corrected chi connectivity index (χ0v) is 14.8. The Hall–Kier alpha value is -2.53. The quantitative estimate of drug-likeness (QED) is 0.736. The second-order valence-corrected chi connectivity index (χ2v) is 6.85. The molecule has 1 aliphatic heterocycles. The van der Waals surface area contributed by atoms with Crippen molar-refractivity contribution in [3.63, 3.8) is 0 Å². The highest BCUT2D eigenvalue weighted by Gasteiger charge is 2.27. The van der Waals surface area contributed by atoms with E-state index in [1.807, 2.05) is 42.7 Å². The third-order valence-electron chi connectivity index (χ3n) is 4.81. The van der Waals surface area contributed by atoms with E-state index in [-0.39, 0.29) is 0 Å². The lowest BCUT2D eigenvalue weighted by Gasteiger charge is -2.16. The minimum Gasteiger partial charge on any atom is -0.337 e. The fraction of sp³-hybridized carbons (Fsp3) is 0.350. The third-order valence-corrected chi connectivity index (χ3v) is 4.81. The van der Waals surface area contributed by atoms with Crippen LogP contribution in [0.25, 0.3) is 11.4 Å². The van der Waals surface area contributed by atoms with Crippen LogP contribution in [0.1, 0.15) is 29.4 Å². The first-order valence-electron chi connectivity index (χ1n) is 8.77. The average molecular weight is 333 g/mol. The number of imidazole rings is 1. The first kappa shape index (κ1) is 16.0. The summed E-state index contributed by atoms with van der Waals surface area (Å²) in [5.74, 6) is 2.51. The number of hydrogen-bond donors (Lipinski definition) is 0. The molecule has 0 saturated carbocycles. The molecule has 25 heavy (non-hydrogen) atoms. The van der Waals surface area contributed by atoms with Crippen molar-refractivity contribution in [2.45, 2.75) is 25.8 Å². The van der Waals surface area contributed by atoms with Crippen LogP contribution in [0.2, 0.25) is 0 Å². The summed E-state index contributed by atoms with van der Waals surface area (Å²) in [5.41, 5.74) is 3.32. The molecule has 0 amide bonds. The summed E-state index contributed by atoms with van der Waals surface area (Å²) in [6.45, 7) is 5.10. The SMILES string of the molecule is Cc1cn(C)c(C2CCN(Cc3cnc(-c4ccccc4)nc3)C2)n1. The first-order chi connectivity index (χ1) is 12.2. The molecule has 3 heterocycles. The minimum atomic E-state index is 0.517. The van der Waals surface area contributed by atoms with Gasteiger partial charge in [0.2, 0.25) is 0 Å². The van der Waals surface area contributed by atoms with Crippen LogP contribution in [0.5, 0.6) is 0 Å². The lowest BCUT2D eigenvalue weighted by Crippen LogP contribution is -2.20. The van der Waals surface area contributed by atoms with E-state index in [9.17, 15) is 0 Å². The van der Waals surface area contributed by atoms with E-state index >= 15 is 0 Å². The molecule has 0 spiro atoms. The monoisotopic (exact) mass is 333 g/mol. The van der Waals surface area contributed by atoms with Crippen molar-refractivity contribution in [2.24, 2.45) is 7.05 Å². The maximum Gasteiger partial charge on any atom is 0.159 e. The molecular formula is C20H23N5. The van der Waals surface area contributed by atoms with E-state index in [1.165, 1.54) is 5.82 Å². The Morgan fingerprint density at radius 3 is 2.56 bits per heavy atom. The predicted octanol–water partition coefficient (Wildman–Crippen LogP) is 3.18. The zero-order valence-electron chi connectivity index (χ0n) is 14.8. The third kappa shape index (κ3) is 3.46. The largest absolute Gasteiger partial charge is 0.337 e. The zero-order chi connectivity index (χ0) is 17.2. The van der Waals surface area contributed by atoms with Gasteiger partial charge in [0, 0.05) is 55.8 Å². The van der Waals surface area contributed by atoms with Crippen molar-refractivity contribution in [1.82, 2.24) is 24.4 Å². The molecule has 0 N–H and O–H groups in total. The summed E-state index contributed by atoms with van der Waals surface area (Å²) < 4.78 is 2.17. The van der Waals surface area contributed by atoms with Crippen molar-refractivity contribution in [3.05, 3.63) is 66.0 Å². The van der Waals surface area contributed by atoms with Gasteiger partial charge in [-0.1, -0.05) is 30.3 Å². The van der Waals surface area contributed by atoms with Gasteiger partial charge in [-0.2, -0.15) is 0 Å². The molecule has 4 rings (SSSR count). The molecule has 1 aromatic carbocycles. The normalized spacial score (nSPS) is 17.9. The fourth-order valence-electron chi connectivity index (χ4n) is 3.63. The van der Waals surface area contributed by atoms with Crippen LogP contribution in [-0.2, 0) is 13.6 Å². The van der Waals surface area contributed by atoms with Gasteiger partial charge in [-0.05, 0) is 19.9 Å². The van der Waals surface area contributed by atoms with E-state index < -0.39 is 0 Å². The van der Waals surface area contributed by atoms with E-state index in [0.29, 0.717) is 5.92 Å². The lowest BCUT2D eigenvalue weighted by molar-refractivity contribution is 0.324. The topological polar surface area (TPSA) is 46.8 Å². The number of benzene rings is 1. The molecule has 0 aliphatic carbocycles. The second kappa shape index (κ2) is 6.76. The number of aryl methyl sites for hydroxylation is 2. The molecule has 1 atom stereocenters. The van der Waals surface area contributed by atoms with Crippen LogP contribution < -0.4 is 0 Å². The minimum absolute atomic E-state index is 0.517. The Balaban J connectivity index is 1.41. The Morgan fingerprint density at radius 1 is 1.12 bits per heavy atom. The molecule has 1 unspecified atom stereocenters. The highest BCUT2D eigenvalue weighted by Crippen LogP contribution is 2.27. The molecule has 5 nitrogen and oxygen atoms in total. The van der Waals surface area contributed by atoms with Gasteiger partial charge < -0.3 is 4.57 Å². The summed E-state index contributed by atoms with van der Waals surface area (Å²) in [6, 6.07) is 10.1. The van der Waals surface area contributed by atoms with Crippen molar-refractivity contribution >= 4 is 0 Å². The maximum atomic E-state index is 4.69. The second-order valence-electron chi connectivity index (χ2n) is 6.85. The van der Waals surface area contributed by atoms with Crippen LogP contribution in [0.4, 0.5) is 0 Å². The summed E-state index contributed by atoms with van der Waals surface area (Å²) >= 11 is 0. The van der Waals surface area contributed by atoms with Crippen molar-refractivity contribution in [2.75, 3.05) is 13.1 Å². The molecular weight excluding hydrogens is 310 g/mol. The van der Waals surface area contributed by atoms with Gasteiger partial charge in [0.1, 0.15) is 5.82 Å². The highest BCUT2D eigenvalue weighted by atomic mass is 15.2. The fourth-order valence-corrected chi connectivity index (χ4v) is 3.63. The van der Waals surface area contributed by atoms with Gasteiger partial charge in [-0.15, -0.1) is 0 Å². The molecule has 0 radical (unpaired) electrons. The Bertz CT molecular complexity index is 838. The van der Waals surface area contributed by atoms with Crippen LogP contribution in [0.3, 0.4) is 0 Å². The summed E-state index contributed by atoms with van der Waals surface area (Å²) in [7, 11) is 2.09. The summed E-state index contributed by atoms with van der Waals surface area (Å²) in [4.78, 5) is 16.2. The van der Waals surface area contributed by atoms with Crippen LogP contribution in [0.15, 0.2) is 48.9 Å². The molecule has 2 aromatic heterocycles. The number of hydrogen-bond acceptors (Lipinski definition) is 4. The Kier molecular flexibility index (Phi) is 4.32. The molecule has 1 aliphatic rings. The smallest absolute Gasteiger partial charge is 0.159 e. The lowest BCUT2D eigenvalue weighted by atomic mass is 10.1. The van der Waals surface area contributed by atoms with Crippen LogP contribution in [0, 0.1) is 6.92 Å². The molecule has 128 valence electrons. The Labute approximate surface area is 148 Å². The van der Waals surface area contributed by atoms with E-state index in [4.69, 9.17) is 4.98 Å². The van der Waals surface area contributed by atoms with E-state index in [1.54, 1.807) is 0 Å². The molecule has 1 saturated heterocycles. The van der Waals surface area contributed by atoms with Crippen molar-refractivity contribution in [1.29, 1.82) is 0 Å². The van der Waals surface area contributed by atoms with Crippen LogP contribution in [-0.4, -0.2) is 37.5 Å². The molecule has 5 heteroatoms. The van der Waals surface area contributed by atoms with Crippen LogP contribution >= 0.6 is 0 Å². The number of nitrogens with zero attached hydrogens (tertiary/aromatic N) is 5. The number of likely N-dealkylation sites (tertiary alicyclic amines) is 1. The maximum absolute atomic E-state index is 4.69. The van der Waals surface area contributed by atoms with Gasteiger partial charge >= 0.3 is 0 Å². The highest BCUT2D eigenvalue weighted by molar-refractivity contribution is 5.53. The summed E-state index contributed by atoms with van der Waals surface area (Å²) in [5, 5.41) is 0. The average Bonchev–Trinajstić information content (AvgIpc) is 3.22. The predicted molar refractivity (Wildman–Crippen MR) is 98.0 cm³/mol. The Morgan fingerprint density at radius 2 is 1.88 bits per heavy atom. The number of rotatable bonds is 4. The standard InChI is InChI=1S/C20H23N5/c1-15-12-24(2)20(23-15)18-8-9-25(14-18)13-16-10-21-19(22-11-16)17-6-4-3-5-7-17/h3-7,10-12,18H,8-9,13-14H2,1-2H3. The van der Waals surface area contributed by atoms with Gasteiger partial charge in [0.15, 0.2) is 5.82 Å². The molecule has 1 fully saturated rings. The summed E-state index contributed by atoms with van der Waals surface area (Å²) in [6.07, 6.45) is 7.17. The van der Waals surface area contributed by atoms with Gasteiger partial charge in [-0.3, -0.25) is 4.90 Å². The van der Waals surface area contributed by atoms with Crippen molar-refractivity contribution in [3.8, 4) is 11.4 Å². The number of aromatic nitrogens is 4. The van der Waals surface area contributed by atoms with Gasteiger partial charge in [-0.25, -0.2) is 15.0 Å².